The van der Waals surface area contributed by atoms with Gasteiger partial charge in [0, 0.05) is 37.7 Å². The predicted molar refractivity (Wildman–Crippen MR) is 107 cm³/mol. The Morgan fingerprint density at radius 3 is 2.69 bits per heavy atom. The van der Waals surface area contributed by atoms with E-state index in [4.69, 9.17) is 9.47 Å². The molecule has 0 bridgehead atoms. The zero-order chi connectivity index (χ0) is 20.6. The van der Waals surface area contributed by atoms with Crippen LogP contribution in [0.5, 0.6) is 11.5 Å². The molecule has 4 rings (SSSR count). The molecule has 2 N–H and O–H groups in total. The third kappa shape index (κ3) is 3.66. The third-order valence-corrected chi connectivity index (χ3v) is 5.73. The van der Waals surface area contributed by atoms with Gasteiger partial charge >= 0.3 is 0 Å². The molecular weight excluding hydrogens is 372 g/mol. The van der Waals surface area contributed by atoms with Gasteiger partial charge in [0.1, 0.15) is 22.8 Å². The molecule has 8 nitrogen and oxygen atoms in total. The number of H-pyrrole nitrogens is 1. The first-order valence-electron chi connectivity index (χ1n) is 9.91. The summed E-state index contributed by atoms with van der Waals surface area (Å²) in [5.41, 5.74) is 1.34. The van der Waals surface area contributed by atoms with E-state index in [1.54, 1.807) is 30.2 Å². The van der Waals surface area contributed by atoms with Crippen LogP contribution in [0.2, 0.25) is 0 Å². The Morgan fingerprint density at radius 2 is 2.03 bits per heavy atom. The molecule has 0 radical (unpaired) electrons. The van der Waals surface area contributed by atoms with Crippen LogP contribution in [0.4, 0.5) is 0 Å². The van der Waals surface area contributed by atoms with Crippen LogP contribution in [0.15, 0.2) is 24.3 Å². The summed E-state index contributed by atoms with van der Waals surface area (Å²) in [5.74, 6) is 1.21. The summed E-state index contributed by atoms with van der Waals surface area (Å²) in [4.78, 5) is 27.1. The number of piperidine rings is 1. The van der Waals surface area contributed by atoms with Crippen molar-refractivity contribution in [1.29, 1.82) is 0 Å². The van der Waals surface area contributed by atoms with Crippen molar-refractivity contribution in [3.05, 3.63) is 41.2 Å². The number of hydrogen-bond donors (Lipinski definition) is 2. The molecule has 8 heteroatoms. The maximum absolute atomic E-state index is 12.8. The Labute approximate surface area is 169 Å². The summed E-state index contributed by atoms with van der Waals surface area (Å²) in [7, 11) is 1.58. The monoisotopic (exact) mass is 398 g/mol. The third-order valence-electron chi connectivity index (χ3n) is 5.73. The molecule has 0 saturated carbocycles. The Kier molecular flexibility index (Phi) is 4.94. The van der Waals surface area contributed by atoms with Crippen molar-refractivity contribution in [2.45, 2.75) is 38.2 Å². The summed E-state index contributed by atoms with van der Waals surface area (Å²) < 4.78 is 11.6. The number of likely N-dealkylation sites (tertiary alicyclic amines) is 1. The quantitative estimate of drug-likeness (QED) is 0.827. The molecule has 1 spiro atoms. The summed E-state index contributed by atoms with van der Waals surface area (Å²) in [6, 6.07) is 7.03. The van der Waals surface area contributed by atoms with Gasteiger partial charge in [-0.25, -0.2) is 0 Å². The van der Waals surface area contributed by atoms with Crippen molar-refractivity contribution in [1.82, 2.24) is 20.4 Å². The highest BCUT2D eigenvalue weighted by Gasteiger charge is 2.41. The van der Waals surface area contributed by atoms with Gasteiger partial charge in [-0.15, -0.1) is 0 Å². The minimum absolute atomic E-state index is 0.0808. The molecule has 1 aromatic heterocycles. The number of fused-ring (bicyclic) bond motifs is 1. The molecule has 2 aliphatic rings. The molecule has 1 aromatic carbocycles. The highest BCUT2D eigenvalue weighted by molar-refractivity contribution is 5.97. The zero-order valence-corrected chi connectivity index (χ0v) is 16.9. The normalized spacial score (nSPS) is 18.1. The molecule has 1 fully saturated rings. The van der Waals surface area contributed by atoms with E-state index in [9.17, 15) is 9.59 Å². The van der Waals surface area contributed by atoms with Gasteiger partial charge in [-0.05, 0) is 24.1 Å². The Balaban J connectivity index is 1.49. The number of carbonyl (C=O) groups excluding carboxylic acids is 2. The zero-order valence-electron chi connectivity index (χ0n) is 16.9. The summed E-state index contributed by atoms with van der Waals surface area (Å²) >= 11 is 0. The van der Waals surface area contributed by atoms with Gasteiger partial charge in [-0.3, -0.25) is 14.7 Å². The summed E-state index contributed by atoms with van der Waals surface area (Å²) in [6.07, 6.45) is 1.24. The lowest BCUT2D eigenvalue weighted by molar-refractivity contribution is 0.00742. The van der Waals surface area contributed by atoms with Crippen LogP contribution in [0.3, 0.4) is 0 Å². The molecule has 2 aliphatic heterocycles. The smallest absolute Gasteiger partial charge is 0.274 e. The fraction of sp³-hybridized carbons (Fsp3) is 0.476. The van der Waals surface area contributed by atoms with E-state index in [1.807, 2.05) is 6.07 Å². The maximum atomic E-state index is 12.8. The average Bonchev–Trinajstić information content (AvgIpc) is 3.18. The number of aromatic amines is 1. The van der Waals surface area contributed by atoms with Gasteiger partial charge in [-0.1, -0.05) is 13.8 Å². The largest absolute Gasteiger partial charge is 0.497 e. The van der Waals surface area contributed by atoms with Crippen molar-refractivity contribution in [2.24, 2.45) is 0 Å². The van der Waals surface area contributed by atoms with Crippen LogP contribution < -0.4 is 14.8 Å². The topological polar surface area (TPSA) is 96.6 Å². The number of nitrogens with one attached hydrogen (secondary N) is 2. The lowest BCUT2D eigenvalue weighted by Gasteiger charge is -2.40. The van der Waals surface area contributed by atoms with E-state index in [0.29, 0.717) is 55.2 Å². The molecule has 0 atom stereocenters. The fourth-order valence-corrected chi connectivity index (χ4v) is 3.81. The number of carbonyl (C=O) groups is 2. The number of rotatable bonds is 3. The molecule has 2 aromatic rings. The first kappa shape index (κ1) is 19.3. The number of ether oxygens (including phenoxy) is 2. The number of benzene rings is 1. The number of hydrogen-bond acceptors (Lipinski definition) is 5. The van der Waals surface area contributed by atoms with Crippen LogP contribution >= 0.6 is 0 Å². The Morgan fingerprint density at radius 1 is 1.28 bits per heavy atom. The maximum Gasteiger partial charge on any atom is 0.274 e. The van der Waals surface area contributed by atoms with Crippen molar-refractivity contribution in [2.75, 3.05) is 26.7 Å². The molecule has 1 saturated heterocycles. The van der Waals surface area contributed by atoms with Gasteiger partial charge in [-0.2, -0.15) is 5.10 Å². The number of aromatic nitrogens is 2. The predicted octanol–water partition coefficient (Wildman–Crippen LogP) is 2.34. The van der Waals surface area contributed by atoms with Gasteiger partial charge in [0.25, 0.3) is 11.8 Å². The van der Waals surface area contributed by atoms with Gasteiger partial charge in [0.15, 0.2) is 0 Å². The van der Waals surface area contributed by atoms with E-state index in [1.165, 1.54) is 0 Å². The minimum atomic E-state index is -0.543. The average molecular weight is 398 g/mol. The second kappa shape index (κ2) is 7.42. The molecular formula is C21H26N4O4. The first-order valence-corrected chi connectivity index (χ1v) is 9.91. The van der Waals surface area contributed by atoms with Gasteiger partial charge < -0.3 is 19.7 Å². The molecule has 2 amide bonds. The lowest BCUT2D eigenvalue weighted by Crippen LogP contribution is -2.54. The van der Waals surface area contributed by atoms with Gasteiger partial charge in [0.05, 0.1) is 19.2 Å². The second-order valence-corrected chi connectivity index (χ2v) is 7.99. The highest BCUT2D eigenvalue weighted by atomic mass is 16.5. The first-order chi connectivity index (χ1) is 13.9. The number of nitrogens with zero attached hydrogens (tertiary/aromatic N) is 2. The van der Waals surface area contributed by atoms with Crippen LogP contribution in [0.1, 0.15) is 59.1 Å². The molecule has 0 unspecified atom stereocenters. The Bertz CT molecular complexity index is 929. The van der Waals surface area contributed by atoms with Crippen LogP contribution in [0, 0.1) is 0 Å². The van der Waals surface area contributed by atoms with Crippen LogP contribution in [0.25, 0.3) is 0 Å². The second-order valence-electron chi connectivity index (χ2n) is 7.99. The molecule has 0 aliphatic carbocycles. The van der Waals surface area contributed by atoms with Crippen molar-refractivity contribution >= 4 is 11.8 Å². The number of methoxy groups -OCH3 is 1. The molecule has 154 valence electrons. The molecule has 3 heterocycles. The number of amides is 2. The van der Waals surface area contributed by atoms with Gasteiger partial charge in [0.2, 0.25) is 0 Å². The highest BCUT2D eigenvalue weighted by Crippen LogP contribution is 2.35. The van der Waals surface area contributed by atoms with E-state index < -0.39 is 5.60 Å². The Hall–Kier alpha value is -3.03. The molecule has 29 heavy (non-hydrogen) atoms. The van der Waals surface area contributed by atoms with E-state index in [0.717, 1.165) is 5.69 Å². The van der Waals surface area contributed by atoms with Crippen molar-refractivity contribution < 1.29 is 19.1 Å². The lowest BCUT2D eigenvalue weighted by atomic mass is 9.90. The minimum Gasteiger partial charge on any atom is -0.497 e. The van der Waals surface area contributed by atoms with Crippen molar-refractivity contribution in [3.63, 3.8) is 0 Å². The van der Waals surface area contributed by atoms with Crippen LogP contribution in [-0.4, -0.2) is 59.3 Å². The van der Waals surface area contributed by atoms with E-state index in [2.05, 4.69) is 29.4 Å². The fourth-order valence-electron chi connectivity index (χ4n) is 3.81. The van der Waals surface area contributed by atoms with Crippen LogP contribution in [-0.2, 0) is 0 Å². The summed E-state index contributed by atoms with van der Waals surface area (Å²) in [5, 5.41) is 10.1. The van der Waals surface area contributed by atoms with E-state index >= 15 is 0 Å². The van der Waals surface area contributed by atoms with E-state index in [-0.39, 0.29) is 17.7 Å². The van der Waals surface area contributed by atoms with Crippen molar-refractivity contribution in [3.8, 4) is 11.5 Å². The standard InChI is InChI=1S/C21H26N4O4/c1-13(2)16-11-17(24-23-16)20(27)25-8-6-21(7-9-25)12-22-19(26)15-5-4-14(28-3)10-18(15)29-21/h4-5,10-11,13H,6-9,12H2,1-3H3,(H,22,26)(H,23,24). The summed E-state index contributed by atoms with van der Waals surface area (Å²) in [6.45, 7) is 5.59. The SMILES string of the molecule is COc1ccc2c(c1)OC1(CCN(C(=O)c3cc(C(C)C)[nH]n3)CC1)CNC2=O.